The average Bonchev–Trinajstić information content (AvgIpc) is 3.44. The van der Waals surface area contributed by atoms with Crippen LogP contribution in [0.25, 0.3) is 10.9 Å². The van der Waals surface area contributed by atoms with E-state index in [9.17, 15) is 9.59 Å². The number of aromatic nitrogens is 2. The van der Waals surface area contributed by atoms with Crippen molar-refractivity contribution in [1.82, 2.24) is 9.55 Å². The van der Waals surface area contributed by atoms with E-state index in [2.05, 4.69) is 6.07 Å². The Morgan fingerprint density at radius 3 is 2.97 bits per heavy atom. The van der Waals surface area contributed by atoms with Crippen LogP contribution < -0.4 is 10.5 Å². The van der Waals surface area contributed by atoms with Crippen LogP contribution in [-0.2, 0) is 22.5 Å². The lowest BCUT2D eigenvalue weighted by Crippen LogP contribution is -2.32. The maximum Gasteiger partial charge on any atom is 0.262 e. The van der Waals surface area contributed by atoms with E-state index in [1.54, 1.807) is 22.8 Å². The summed E-state index contributed by atoms with van der Waals surface area (Å²) in [6, 6.07) is 13.1. The summed E-state index contributed by atoms with van der Waals surface area (Å²) in [5, 5.41) is 1.57. The second-order valence-electron chi connectivity index (χ2n) is 7.82. The maximum absolute atomic E-state index is 13.2. The Labute approximate surface area is 189 Å². The number of amides is 1. The van der Waals surface area contributed by atoms with E-state index in [0.717, 1.165) is 24.9 Å². The minimum atomic E-state index is -0.126. The minimum absolute atomic E-state index is 0.00948. The van der Waals surface area contributed by atoms with Crippen molar-refractivity contribution in [2.75, 3.05) is 23.8 Å². The smallest absolute Gasteiger partial charge is 0.262 e. The normalized spacial score (nSPS) is 18.0. The van der Waals surface area contributed by atoms with Crippen LogP contribution in [0, 0.1) is 0 Å². The highest BCUT2D eigenvalue weighted by atomic mass is 35.5. The Morgan fingerprint density at radius 1 is 1.26 bits per heavy atom. The van der Waals surface area contributed by atoms with Crippen LogP contribution >= 0.6 is 23.4 Å². The number of para-hydroxylation sites is 1. The highest BCUT2D eigenvalue weighted by Crippen LogP contribution is 2.29. The SMILES string of the molecule is O=C(CSc1nc2cc(Cl)ccc2c(=O)n1CC1CCCO1)N1CCc2ccccc21. The highest BCUT2D eigenvalue weighted by molar-refractivity contribution is 7.99. The van der Waals surface area contributed by atoms with Gasteiger partial charge in [0.25, 0.3) is 5.56 Å². The fourth-order valence-electron chi connectivity index (χ4n) is 4.24. The monoisotopic (exact) mass is 455 g/mol. The Hall–Kier alpha value is -2.35. The van der Waals surface area contributed by atoms with Crippen LogP contribution in [0.1, 0.15) is 18.4 Å². The molecule has 1 fully saturated rings. The van der Waals surface area contributed by atoms with E-state index in [0.29, 0.717) is 40.8 Å². The minimum Gasteiger partial charge on any atom is -0.376 e. The fourth-order valence-corrected chi connectivity index (χ4v) is 5.29. The third-order valence-corrected chi connectivity index (χ3v) is 7.00. The number of hydrogen-bond donors (Lipinski definition) is 0. The molecule has 31 heavy (non-hydrogen) atoms. The quantitative estimate of drug-likeness (QED) is 0.431. The van der Waals surface area contributed by atoms with Gasteiger partial charge in [-0.15, -0.1) is 0 Å². The maximum atomic E-state index is 13.2. The van der Waals surface area contributed by atoms with Crippen molar-refractivity contribution in [1.29, 1.82) is 0 Å². The first-order valence-electron chi connectivity index (χ1n) is 10.4. The third-order valence-electron chi connectivity index (χ3n) is 5.81. The molecule has 1 atom stereocenters. The van der Waals surface area contributed by atoms with E-state index in [-0.39, 0.29) is 23.3 Å². The van der Waals surface area contributed by atoms with Crippen molar-refractivity contribution < 1.29 is 9.53 Å². The number of anilines is 1. The molecule has 1 saturated heterocycles. The van der Waals surface area contributed by atoms with E-state index in [4.69, 9.17) is 21.3 Å². The molecule has 1 unspecified atom stereocenters. The predicted molar refractivity (Wildman–Crippen MR) is 123 cm³/mol. The molecule has 160 valence electrons. The van der Waals surface area contributed by atoms with Gasteiger partial charge in [0.05, 0.1) is 29.3 Å². The molecule has 2 aliphatic heterocycles. The molecular weight excluding hydrogens is 434 g/mol. The van der Waals surface area contributed by atoms with E-state index in [1.165, 1.54) is 17.3 Å². The number of halogens is 1. The van der Waals surface area contributed by atoms with E-state index in [1.807, 2.05) is 23.1 Å². The molecule has 0 saturated carbocycles. The summed E-state index contributed by atoms with van der Waals surface area (Å²) >= 11 is 7.42. The van der Waals surface area contributed by atoms with Crippen molar-refractivity contribution in [2.24, 2.45) is 0 Å². The summed E-state index contributed by atoms with van der Waals surface area (Å²) in [6.07, 6.45) is 2.76. The number of nitrogens with zero attached hydrogens (tertiary/aromatic N) is 3. The highest BCUT2D eigenvalue weighted by Gasteiger charge is 2.25. The molecule has 8 heteroatoms. The van der Waals surface area contributed by atoms with Crippen molar-refractivity contribution in [2.45, 2.75) is 37.1 Å². The molecule has 0 radical (unpaired) electrons. The number of benzene rings is 2. The summed E-state index contributed by atoms with van der Waals surface area (Å²) < 4.78 is 7.41. The van der Waals surface area contributed by atoms with Gasteiger partial charge >= 0.3 is 0 Å². The van der Waals surface area contributed by atoms with Crippen LogP contribution in [0.4, 0.5) is 5.69 Å². The van der Waals surface area contributed by atoms with E-state index >= 15 is 0 Å². The van der Waals surface area contributed by atoms with Gasteiger partial charge in [0.2, 0.25) is 5.91 Å². The zero-order valence-corrected chi connectivity index (χ0v) is 18.5. The predicted octanol–water partition coefficient (Wildman–Crippen LogP) is 3.91. The molecule has 6 nitrogen and oxygen atoms in total. The molecule has 5 rings (SSSR count). The number of fused-ring (bicyclic) bond motifs is 2. The molecule has 0 spiro atoms. The lowest BCUT2D eigenvalue weighted by atomic mass is 10.2. The first-order valence-corrected chi connectivity index (χ1v) is 11.8. The van der Waals surface area contributed by atoms with Gasteiger partial charge in [-0.25, -0.2) is 4.98 Å². The Bertz CT molecular complexity index is 1210. The van der Waals surface area contributed by atoms with Gasteiger partial charge in [0.15, 0.2) is 5.16 Å². The number of rotatable bonds is 5. The van der Waals surface area contributed by atoms with E-state index < -0.39 is 0 Å². The van der Waals surface area contributed by atoms with Gasteiger partial charge in [-0.2, -0.15) is 0 Å². The molecule has 0 bridgehead atoms. The van der Waals surface area contributed by atoms with Gasteiger partial charge in [-0.3, -0.25) is 14.2 Å². The molecule has 1 aromatic heterocycles. The van der Waals surface area contributed by atoms with Gasteiger partial charge in [0, 0.05) is 23.9 Å². The Morgan fingerprint density at radius 2 is 2.13 bits per heavy atom. The molecule has 2 aliphatic rings. The van der Waals surface area contributed by atoms with Crippen molar-refractivity contribution in [3.05, 3.63) is 63.4 Å². The molecule has 3 aromatic rings. The van der Waals surface area contributed by atoms with Gasteiger partial charge in [-0.1, -0.05) is 41.6 Å². The number of carbonyl (C=O) groups excluding carboxylic acids is 1. The number of ether oxygens (including phenoxy) is 1. The lowest BCUT2D eigenvalue weighted by molar-refractivity contribution is -0.116. The molecule has 1 amide bonds. The molecule has 0 aliphatic carbocycles. The summed E-state index contributed by atoms with van der Waals surface area (Å²) in [6.45, 7) is 1.83. The summed E-state index contributed by atoms with van der Waals surface area (Å²) in [5.41, 5.74) is 2.58. The standard InChI is InChI=1S/C23H22ClN3O3S/c24-16-7-8-18-19(12-16)25-23(27(22(18)29)13-17-5-3-11-30-17)31-14-21(28)26-10-9-15-4-1-2-6-20(15)26/h1-2,4,6-8,12,17H,3,5,9-11,13-14H2. The van der Waals surface area contributed by atoms with Crippen LogP contribution in [0.5, 0.6) is 0 Å². The summed E-state index contributed by atoms with van der Waals surface area (Å²) in [4.78, 5) is 32.7. The van der Waals surface area contributed by atoms with Crippen molar-refractivity contribution in [3.8, 4) is 0 Å². The lowest BCUT2D eigenvalue weighted by Gasteiger charge is -2.19. The summed E-state index contributed by atoms with van der Waals surface area (Å²) in [5.74, 6) is 0.220. The van der Waals surface area contributed by atoms with Crippen molar-refractivity contribution >= 4 is 45.9 Å². The van der Waals surface area contributed by atoms with Crippen LogP contribution in [-0.4, -0.2) is 40.5 Å². The number of thioether (sulfide) groups is 1. The fraction of sp³-hybridized carbons (Fsp3) is 0.348. The topological polar surface area (TPSA) is 64.4 Å². The zero-order valence-electron chi connectivity index (χ0n) is 16.9. The molecular formula is C23H22ClN3O3S. The second kappa shape index (κ2) is 8.65. The summed E-state index contributed by atoms with van der Waals surface area (Å²) in [7, 11) is 0. The second-order valence-corrected chi connectivity index (χ2v) is 9.20. The third kappa shape index (κ3) is 4.10. The van der Waals surface area contributed by atoms with Crippen LogP contribution in [0.15, 0.2) is 52.4 Å². The first kappa shape index (κ1) is 20.5. The molecule has 2 aromatic carbocycles. The largest absolute Gasteiger partial charge is 0.376 e. The van der Waals surface area contributed by atoms with Crippen LogP contribution in [0.3, 0.4) is 0 Å². The number of hydrogen-bond acceptors (Lipinski definition) is 5. The van der Waals surface area contributed by atoms with Crippen molar-refractivity contribution in [3.63, 3.8) is 0 Å². The Kier molecular flexibility index (Phi) is 5.73. The van der Waals surface area contributed by atoms with Gasteiger partial charge in [0.1, 0.15) is 0 Å². The van der Waals surface area contributed by atoms with Gasteiger partial charge in [-0.05, 0) is 49.1 Å². The first-order chi connectivity index (χ1) is 15.1. The number of carbonyl (C=O) groups is 1. The molecule has 0 N–H and O–H groups in total. The zero-order chi connectivity index (χ0) is 21.4. The average molecular weight is 456 g/mol. The Balaban J connectivity index is 1.43. The van der Waals surface area contributed by atoms with Crippen LogP contribution in [0.2, 0.25) is 5.02 Å². The molecule has 3 heterocycles. The van der Waals surface area contributed by atoms with Gasteiger partial charge < -0.3 is 9.64 Å².